The summed E-state index contributed by atoms with van der Waals surface area (Å²) in [6, 6.07) is 0. The predicted molar refractivity (Wildman–Crippen MR) is 86.5 cm³/mol. The van der Waals surface area contributed by atoms with Crippen molar-refractivity contribution in [3.63, 3.8) is 0 Å². The van der Waals surface area contributed by atoms with Crippen molar-refractivity contribution < 1.29 is 28.8 Å². The van der Waals surface area contributed by atoms with Crippen LogP contribution in [0.3, 0.4) is 0 Å². The molecule has 1 aromatic rings. The molecule has 1 heterocycles. The van der Waals surface area contributed by atoms with Gasteiger partial charge in [0.1, 0.15) is 5.75 Å². The number of methoxy groups -OCH3 is 3. The zero-order valence-corrected chi connectivity index (χ0v) is 14.8. The zero-order valence-electron chi connectivity index (χ0n) is 14.8. The molecule has 0 bridgehead atoms. The molecule has 1 aromatic carbocycles. The van der Waals surface area contributed by atoms with Crippen molar-refractivity contribution in [3.8, 4) is 5.75 Å². The second kappa shape index (κ2) is 6.02. The number of ether oxygens (including phenoxy) is 4. The van der Waals surface area contributed by atoms with Crippen LogP contribution >= 0.6 is 0 Å². The number of fused-ring (bicyclic) bond motifs is 2. The van der Waals surface area contributed by atoms with Gasteiger partial charge < -0.3 is 24.1 Å². The van der Waals surface area contributed by atoms with Crippen molar-refractivity contribution in [2.75, 3.05) is 21.3 Å². The molecule has 0 fully saturated rings. The molecule has 0 spiro atoms. The largest absolute Gasteiger partial charge is 0.496 e. The topological polar surface area (TPSA) is 74.2 Å². The van der Waals surface area contributed by atoms with Crippen molar-refractivity contribution in [1.29, 1.82) is 0 Å². The molecule has 1 N–H and O–H groups in total. The molecule has 0 saturated carbocycles. The molecule has 2 atom stereocenters. The number of hydrogen-bond donors (Lipinski definition) is 1. The number of carboxylic acids is 1. The smallest absolute Gasteiger partial charge is 0.336 e. The van der Waals surface area contributed by atoms with Crippen LogP contribution in [-0.2, 0) is 33.5 Å². The van der Waals surface area contributed by atoms with E-state index in [2.05, 4.69) is 13.8 Å². The van der Waals surface area contributed by atoms with Crippen LogP contribution in [0.2, 0.25) is 0 Å². The van der Waals surface area contributed by atoms with E-state index in [-0.39, 0.29) is 5.41 Å². The van der Waals surface area contributed by atoms with Gasteiger partial charge in [-0.25, -0.2) is 4.79 Å². The number of carbonyl (C=O) groups is 1. The Morgan fingerprint density at radius 2 is 1.79 bits per heavy atom. The molecule has 0 radical (unpaired) electrons. The number of aromatic carboxylic acids is 1. The van der Waals surface area contributed by atoms with E-state index in [9.17, 15) is 9.90 Å². The van der Waals surface area contributed by atoms with Crippen LogP contribution < -0.4 is 4.74 Å². The Bertz CT molecular complexity index is 679. The lowest BCUT2D eigenvalue weighted by atomic mass is 9.87. The van der Waals surface area contributed by atoms with Gasteiger partial charge in [0, 0.05) is 20.6 Å². The van der Waals surface area contributed by atoms with Gasteiger partial charge in [0.05, 0.1) is 18.2 Å². The molecule has 0 aromatic heterocycles. The van der Waals surface area contributed by atoms with Gasteiger partial charge >= 0.3 is 5.97 Å². The van der Waals surface area contributed by atoms with E-state index in [1.165, 1.54) is 14.2 Å². The van der Waals surface area contributed by atoms with E-state index in [0.717, 1.165) is 17.5 Å². The Kier molecular flexibility index (Phi) is 4.32. The molecular formula is C18H24O6. The Balaban J connectivity index is 2.32. The number of rotatable bonds is 4. The standard InChI is InChI=1S/C18H24O6/c1-18(2)7-10-11(8-18)15(22-4)14-9(13(10)16(19)20)6-12(21-3)24-17(14)23-5/h12,17H,6-8H2,1-5H3,(H,19,20)/t12-,17-/m0/s1. The van der Waals surface area contributed by atoms with E-state index in [0.29, 0.717) is 35.3 Å². The minimum Gasteiger partial charge on any atom is -0.496 e. The van der Waals surface area contributed by atoms with Gasteiger partial charge in [-0.2, -0.15) is 0 Å². The second-order valence-corrected chi connectivity index (χ2v) is 7.15. The Morgan fingerprint density at radius 3 is 2.33 bits per heavy atom. The van der Waals surface area contributed by atoms with Crippen LogP contribution in [0.5, 0.6) is 5.75 Å². The van der Waals surface area contributed by atoms with Gasteiger partial charge in [-0.3, -0.25) is 0 Å². The quantitative estimate of drug-likeness (QED) is 0.911. The molecule has 1 aliphatic heterocycles. The lowest BCUT2D eigenvalue weighted by Crippen LogP contribution is -2.31. The van der Waals surface area contributed by atoms with Crippen molar-refractivity contribution in [2.45, 2.75) is 45.7 Å². The fourth-order valence-corrected chi connectivity index (χ4v) is 3.99. The highest BCUT2D eigenvalue weighted by Crippen LogP contribution is 2.49. The summed E-state index contributed by atoms with van der Waals surface area (Å²) in [4.78, 5) is 12.1. The lowest BCUT2D eigenvalue weighted by molar-refractivity contribution is -0.241. The third kappa shape index (κ3) is 2.59. The molecule has 6 nitrogen and oxygen atoms in total. The first-order valence-corrected chi connectivity index (χ1v) is 8.01. The van der Waals surface area contributed by atoms with E-state index < -0.39 is 18.5 Å². The molecule has 3 rings (SSSR count). The monoisotopic (exact) mass is 336 g/mol. The molecule has 2 aliphatic rings. The van der Waals surface area contributed by atoms with Crippen LogP contribution in [0.1, 0.15) is 52.7 Å². The van der Waals surface area contributed by atoms with Crippen LogP contribution in [0.15, 0.2) is 0 Å². The predicted octanol–water partition coefficient (Wildman–Crippen LogP) is 2.71. The molecule has 24 heavy (non-hydrogen) atoms. The molecule has 0 saturated heterocycles. The summed E-state index contributed by atoms with van der Waals surface area (Å²) in [5.41, 5.74) is 3.56. The van der Waals surface area contributed by atoms with Gasteiger partial charge in [-0.05, 0) is 34.9 Å². The normalized spacial score (nSPS) is 24.4. The SMILES string of the molecule is COc1c2c(c(C(=O)O)c3c1[C@@H](OC)O[C@H](OC)C3)CC(C)(C)C2. The highest BCUT2D eigenvalue weighted by molar-refractivity contribution is 5.93. The maximum Gasteiger partial charge on any atom is 0.336 e. The van der Waals surface area contributed by atoms with Crippen LogP contribution in [0, 0.1) is 5.41 Å². The Hall–Kier alpha value is -1.63. The summed E-state index contributed by atoms with van der Waals surface area (Å²) < 4.78 is 22.2. The van der Waals surface area contributed by atoms with Crippen molar-refractivity contribution in [1.82, 2.24) is 0 Å². The molecule has 6 heteroatoms. The van der Waals surface area contributed by atoms with Gasteiger partial charge in [0.15, 0.2) is 12.6 Å². The van der Waals surface area contributed by atoms with Crippen molar-refractivity contribution >= 4 is 5.97 Å². The average Bonchev–Trinajstić information content (AvgIpc) is 2.84. The summed E-state index contributed by atoms with van der Waals surface area (Å²) in [5, 5.41) is 9.89. The summed E-state index contributed by atoms with van der Waals surface area (Å²) in [5.74, 6) is -0.230. The first-order valence-electron chi connectivity index (χ1n) is 8.01. The molecule has 1 aliphatic carbocycles. The van der Waals surface area contributed by atoms with Gasteiger partial charge in [-0.15, -0.1) is 0 Å². The second-order valence-electron chi connectivity index (χ2n) is 7.15. The first kappa shape index (κ1) is 17.2. The Morgan fingerprint density at radius 1 is 1.12 bits per heavy atom. The summed E-state index contributed by atoms with van der Waals surface area (Å²) in [6.07, 6.45) is 0.586. The number of benzene rings is 1. The summed E-state index contributed by atoms with van der Waals surface area (Å²) in [7, 11) is 4.68. The maximum atomic E-state index is 12.1. The molecule has 0 unspecified atom stereocenters. The van der Waals surface area contributed by atoms with Gasteiger partial charge in [0.2, 0.25) is 0 Å². The summed E-state index contributed by atoms with van der Waals surface area (Å²) in [6.45, 7) is 4.28. The third-order valence-electron chi connectivity index (χ3n) is 4.90. The number of hydrogen-bond acceptors (Lipinski definition) is 5. The lowest BCUT2D eigenvalue weighted by Gasteiger charge is -2.33. The molecule has 132 valence electrons. The van der Waals surface area contributed by atoms with Gasteiger partial charge in [0.25, 0.3) is 0 Å². The van der Waals surface area contributed by atoms with Gasteiger partial charge in [-0.1, -0.05) is 13.8 Å². The van der Waals surface area contributed by atoms with Crippen LogP contribution in [-0.4, -0.2) is 38.7 Å². The van der Waals surface area contributed by atoms with E-state index in [4.69, 9.17) is 18.9 Å². The van der Waals surface area contributed by atoms with Crippen LogP contribution in [0.25, 0.3) is 0 Å². The first-order chi connectivity index (χ1) is 11.3. The highest BCUT2D eigenvalue weighted by atomic mass is 16.8. The summed E-state index contributed by atoms with van der Waals surface area (Å²) >= 11 is 0. The zero-order chi connectivity index (χ0) is 17.6. The average molecular weight is 336 g/mol. The fraction of sp³-hybridized carbons (Fsp3) is 0.611. The van der Waals surface area contributed by atoms with E-state index >= 15 is 0 Å². The van der Waals surface area contributed by atoms with Crippen molar-refractivity contribution in [2.24, 2.45) is 5.41 Å². The maximum absolute atomic E-state index is 12.1. The van der Waals surface area contributed by atoms with Crippen LogP contribution in [0.4, 0.5) is 0 Å². The van der Waals surface area contributed by atoms with E-state index in [1.807, 2.05) is 0 Å². The Labute approximate surface area is 141 Å². The van der Waals surface area contributed by atoms with E-state index in [1.54, 1.807) is 7.11 Å². The minimum atomic E-state index is -0.922. The highest BCUT2D eigenvalue weighted by Gasteiger charge is 2.42. The number of carboxylic acid groups (broad SMARTS) is 1. The van der Waals surface area contributed by atoms with Crippen molar-refractivity contribution in [3.05, 3.63) is 27.8 Å². The third-order valence-corrected chi connectivity index (χ3v) is 4.90. The minimum absolute atomic E-state index is 0.00611. The molecule has 0 amide bonds. The fourth-order valence-electron chi connectivity index (χ4n) is 3.99. The molecular weight excluding hydrogens is 312 g/mol.